The summed E-state index contributed by atoms with van der Waals surface area (Å²) in [5.41, 5.74) is 2.16. The van der Waals surface area contributed by atoms with Gasteiger partial charge >= 0.3 is 0 Å². The van der Waals surface area contributed by atoms with Crippen molar-refractivity contribution in [1.82, 2.24) is 0 Å². The fourth-order valence-electron chi connectivity index (χ4n) is 1.36. The molecule has 4 nitrogen and oxygen atoms in total. The van der Waals surface area contributed by atoms with Gasteiger partial charge in [0.05, 0.1) is 17.6 Å². The Kier molecular flexibility index (Phi) is 3.60. The van der Waals surface area contributed by atoms with E-state index in [9.17, 15) is 0 Å². The fourth-order valence-corrected chi connectivity index (χ4v) is 1.36. The zero-order chi connectivity index (χ0) is 11.9. The first-order valence-corrected chi connectivity index (χ1v) is 5.13. The van der Waals surface area contributed by atoms with Crippen molar-refractivity contribution < 1.29 is 5.21 Å². The third-order valence-electron chi connectivity index (χ3n) is 2.16. The number of nitrogens with zero attached hydrogens (tertiary/aromatic N) is 3. The summed E-state index contributed by atoms with van der Waals surface area (Å²) in [5, 5.41) is 19.7. The molecule has 0 heterocycles. The second kappa shape index (κ2) is 5.55. The topological polar surface area (TPSA) is 57.3 Å². The zero-order valence-electron chi connectivity index (χ0n) is 9.06. The van der Waals surface area contributed by atoms with Crippen LogP contribution in [-0.2, 0) is 0 Å². The standard InChI is InChI=1S/C13H11N3O/c17-14-10-11-6-4-5-9-13(11)16-15-12-7-2-1-3-8-12/h1-10,17H/b14-10-,16-15+. The van der Waals surface area contributed by atoms with Crippen LogP contribution in [0.4, 0.5) is 11.4 Å². The molecule has 2 aromatic rings. The first kappa shape index (κ1) is 11.0. The molecule has 0 atom stereocenters. The van der Waals surface area contributed by atoms with E-state index in [1.807, 2.05) is 48.5 Å². The van der Waals surface area contributed by atoms with Crippen LogP contribution in [0.1, 0.15) is 5.56 Å². The summed E-state index contributed by atoms with van der Waals surface area (Å²) >= 11 is 0. The van der Waals surface area contributed by atoms with Gasteiger partial charge in [-0.05, 0) is 18.2 Å². The summed E-state index contributed by atoms with van der Waals surface area (Å²) < 4.78 is 0. The molecule has 0 radical (unpaired) electrons. The summed E-state index contributed by atoms with van der Waals surface area (Å²) in [5.74, 6) is 0. The number of benzene rings is 2. The van der Waals surface area contributed by atoms with Crippen molar-refractivity contribution in [3.8, 4) is 0 Å². The molecule has 4 heteroatoms. The Morgan fingerprint density at radius 2 is 1.53 bits per heavy atom. The molecule has 0 bridgehead atoms. The van der Waals surface area contributed by atoms with Gasteiger partial charge in [-0.15, -0.1) is 5.11 Å². The highest BCUT2D eigenvalue weighted by Gasteiger charge is 1.97. The normalized spacial score (nSPS) is 11.3. The second-order valence-electron chi connectivity index (χ2n) is 3.34. The van der Waals surface area contributed by atoms with Gasteiger partial charge in [0.1, 0.15) is 0 Å². The molecule has 0 unspecified atom stereocenters. The molecule has 0 spiro atoms. The quantitative estimate of drug-likeness (QED) is 0.366. The molecular weight excluding hydrogens is 214 g/mol. The minimum Gasteiger partial charge on any atom is -0.411 e. The van der Waals surface area contributed by atoms with Crippen molar-refractivity contribution in [1.29, 1.82) is 0 Å². The molecule has 0 aliphatic rings. The first-order valence-electron chi connectivity index (χ1n) is 5.13. The summed E-state index contributed by atoms with van der Waals surface area (Å²) in [6.07, 6.45) is 1.33. The van der Waals surface area contributed by atoms with Gasteiger partial charge in [0, 0.05) is 5.56 Å². The molecule has 17 heavy (non-hydrogen) atoms. The summed E-state index contributed by atoms with van der Waals surface area (Å²) in [7, 11) is 0. The van der Waals surface area contributed by atoms with E-state index in [-0.39, 0.29) is 0 Å². The Morgan fingerprint density at radius 3 is 2.29 bits per heavy atom. The molecule has 0 aliphatic heterocycles. The molecule has 0 saturated heterocycles. The van der Waals surface area contributed by atoms with Crippen molar-refractivity contribution in [2.75, 3.05) is 0 Å². The lowest BCUT2D eigenvalue weighted by molar-refractivity contribution is 0.322. The monoisotopic (exact) mass is 225 g/mol. The average Bonchev–Trinajstić information content (AvgIpc) is 2.39. The van der Waals surface area contributed by atoms with Gasteiger partial charge in [0.25, 0.3) is 0 Å². The predicted molar refractivity (Wildman–Crippen MR) is 66.4 cm³/mol. The Labute approximate surface area is 98.9 Å². The van der Waals surface area contributed by atoms with Crippen LogP contribution in [0, 0.1) is 0 Å². The van der Waals surface area contributed by atoms with Gasteiger partial charge in [0.15, 0.2) is 0 Å². The van der Waals surface area contributed by atoms with Crippen LogP contribution in [-0.4, -0.2) is 11.4 Å². The first-order chi connectivity index (χ1) is 8.40. The smallest absolute Gasteiger partial charge is 0.0946 e. The lowest BCUT2D eigenvalue weighted by Gasteiger charge is -1.97. The lowest BCUT2D eigenvalue weighted by Crippen LogP contribution is -1.80. The number of rotatable bonds is 3. The zero-order valence-corrected chi connectivity index (χ0v) is 9.06. The third kappa shape index (κ3) is 2.98. The molecule has 0 aliphatic carbocycles. The van der Waals surface area contributed by atoms with Crippen LogP contribution >= 0.6 is 0 Å². The van der Waals surface area contributed by atoms with Crippen LogP contribution < -0.4 is 0 Å². The second-order valence-corrected chi connectivity index (χ2v) is 3.34. The van der Waals surface area contributed by atoms with Gasteiger partial charge < -0.3 is 5.21 Å². The van der Waals surface area contributed by atoms with Gasteiger partial charge in [-0.1, -0.05) is 41.6 Å². The van der Waals surface area contributed by atoms with Crippen LogP contribution in [0.5, 0.6) is 0 Å². The van der Waals surface area contributed by atoms with Crippen molar-refractivity contribution in [2.24, 2.45) is 15.4 Å². The van der Waals surface area contributed by atoms with Crippen LogP contribution in [0.15, 0.2) is 70.0 Å². The maximum absolute atomic E-state index is 8.53. The van der Waals surface area contributed by atoms with Crippen molar-refractivity contribution >= 4 is 17.6 Å². The minimum atomic E-state index is 0.661. The van der Waals surface area contributed by atoms with E-state index >= 15 is 0 Å². The van der Waals surface area contributed by atoms with Crippen LogP contribution in [0.25, 0.3) is 0 Å². The van der Waals surface area contributed by atoms with Gasteiger partial charge in [-0.2, -0.15) is 5.11 Å². The highest BCUT2D eigenvalue weighted by molar-refractivity contribution is 5.85. The number of oxime groups is 1. The lowest BCUT2D eigenvalue weighted by atomic mass is 10.2. The summed E-state index contributed by atoms with van der Waals surface area (Å²) in [6.45, 7) is 0. The highest BCUT2D eigenvalue weighted by atomic mass is 16.4. The predicted octanol–water partition coefficient (Wildman–Crippen LogP) is 3.91. The maximum atomic E-state index is 8.53. The molecule has 0 fully saturated rings. The molecule has 84 valence electrons. The number of hydrogen-bond acceptors (Lipinski definition) is 4. The number of azo groups is 1. The molecule has 2 aromatic carbocycles. The van der Waals surface area contributed by atoms with Crippen molar-refractivity contribution in [3.05, 3.63) is 60.2 Å². The molecule has 0 aromatic heterocycles. The Hall–Kier alpha value is -2.49. The maximum Gasteiger partial charge on any atom is 0.0946 e. The molecule has 2 rings (SSSR count). The fraction of sp³-hybridized carbons (Fsp3) is 0. The Morgan fingerprint density at radius 1 is 0.824 bits per heavy atom. The molecular formula is C13H11N3O. The van der Waals surface area contributed by atoms with E-state index in [4.69, 9.17) is 5.21 Å². The van der Waals surface area contributed by atoms with E-state index in [0.717, 1.165) is 11.3 Å². The summed E-state index contributed by atoms with van der Waals surface area (Å²) in [4.78, 5) is 0. The van der Waals surface area contributed by atoms with E-state index in [1.54, 1.807) is 6.07 Å². The number of hydrogen-bond donors (Lipinski definition) is 1. The van der Waals surface area contributed by atoms with Gasteiger partial charge in [-0.25, -0.2) is 0 Å². The van der Waals surface area contributed by atoms with Gasteiger partial charge in [-0.3, -0.25) is 0 Å². The molecule has 0 amide bonds. The molecule has 0 saturated carbocycles. The van der Waals surface area contributed by atoms with E-state index < -0.39 is 0 Å². The summed E-state index contributed by atoms with van der Waals surface area (Å²) in [6, 6.07) is 16.8. The van der Waals surface area contributed by atoms with Crippen molar-refractivity contribution in [2.45, 2.75) is 0 Å². The van der Waals surface area contributed by atoms with E-state index in [0.29, 0.717) is 5.69 Å². The van der Waals surface area contributed by atoms with Crippen LogP contribution in [0.2, 0.25) is 0 Å². The highest BCUT2D eigenvalue weighted by Crippen LogP contribution is 2.20. The van der Waals surface area contributed by atoms with Gasteiger partial charge in [0.2, 0.25) is 0 Å². The van der Waals surface area contributed by atoms with Crippen molar-refractivity contribution in [3.63, 3.8) is 0 Å². The largest absolute Gasteiger partial charge is 0.411 e. The van der Waals surface area contributed by atoms with Crippen LogP contribution in [0.3, 0.4) is 0 Å². The van der Waals surface area contributed by atoms with E-state index in [2.05, 4.69) is 15.4 Å². The minimum absolute atomic E-state index is 0.661. The third-order valence-corrected chi connectivity index (χ3v) is 2.16. The molecule has 1 N–H and O–H groups in total. The Balaban J connectivity index is 2.27. The average molecular weight is 225 g/mol. The SMILES string of the molecule is O/N=C\c1ccccc1/N=N/c1ccccc1. The Bertz CT molecular complexity index is 535. The van der Waals surface area contributed by atoms with E-state index in [1.165, 1.54) is 6.21 Å².